The summed E-state index contributed by atoms with van der Waals surface area (Å²) in [7, 11) is 0. The molecule has 0 spiro atoms. The van der Waals surface area contributed by atoms with Crippen LogP contribution in [-0.2, 0) is 0 Å². The average molecular weight is 191 g/mol. The molecule has 0 aliphatic heterocycles. The van der Waals surface area contributed by atoms with Gasteiger partial charge in [0.2, 0.25) is 0 Å². The minimum atomic E-state index is -0.179. The standard InChI is InChI=1S/C8H11NO2.CH4.FH/c1-6(2)11-7-4-3-5-9-8(7)10;;/h3-6H,1-2H3,(H,9,10);1H4;1H/i/hT. The van der Waals surface area contributed by atoms with Gasteiger partial charge in [-0.25, -0.2) is 0 Å². The second kappa shape index (κ2) is 6.22. The Morgan fingerprint density at radius 1 is 1.62 bits per heavy atom. The monoisotopic (exact) mass is 191 g/mol. The molecule has 0 unspecified atom stereocenters. The van der Waals surface area contributed by atoms with Gasteiger partial charge in [-0.2, -0.15) is 0 Å². The minimum absolute atomic E-state index is 0. The van der Waals surface area contributed by atoms with Crippen LogP contribution < -0.4 is 10.3 Å². The molecule has 1 N–H and O–H groups in total. The van der Waals surface area contributed by atoms with E-state index in [1.165, 1.54) is 0 Å². The lowest BCUT2D eigenvalue weighted by molar-refractivity contribution is 0.239. The second-order valence-corrected chi connectivity index (χ2v) is 2.53. The van der Waals surface area contributed by atoms with E-state index in [2.05, 4.69) is 6.43 Å². The summed E-state index contributed by atoms with van der Waals surface area (Å²) in [5.74, 6) is 0.377. The topological polar surface area (TPSA) is 42.1 Å². The first-order valence-electron chi connectivity index (χ1n) is 3.92. The first-order chi connectivity index (χ1) is 6.20. The van der Waals surface area contributed by atoms with Gasteiger partial charge >= 0.3 is 0 Å². The minimum Gasteiger partial charge on any atom is -0.485 e. The number of rotatable bonds is 2. The Morgan fingerprint density at radius 3 is 2.69 bits per heavy atom. The number of H-pyrrole nitrogens is 1. The molecule has 1 aromatic rings. The van der Waals surface area contributed by atoms with Gasteiger partial charge in [-0.3, -0.25) is 9.51 Å². The Balaban J connectivity index is 0. The quantitative estimate of drug-likeness (QED) is 0.776. The van der Waals surface area contributed by atoms with Gasteiger partial charge in [0.15, 0.2) is 5.75 Å². The third kappa shape index (κ3) is 4.30. The Bertz CT molecular complexity index is 288. The van der Waals surface area contributed by atoms with Crippen molar-refractivity contribution in [3.05, 3.63) is 28.7 Å². The van der Waals surface area contributed by atoms with Crippen molar-refractivity contribution < 1.29 is 9.45 Å². The van der Waals surface area contributed by atoms with E-state index in [4.69, 9.17) is 9.45 Å². The summed E-state index contributed by atoms with van der Waals surface area (Å²) in [5, 5.41) is 0. The predicted octanol–water partition coefficient (Wildman–Crippen LogP) is 1.95. The fourth-order valence-corrected chi connectivity index (χ4v) is 0.753. The lowest BCUT2D eigenvalue weighted by atomic mass is 10.4. The van der Waals surface area contributed by atoms with Gasteiger partial charge in [-0.15, -0.1) is 0 Å². The van der Waals surface area contributed by atoms with Crippen molar-refractivity contribution in [3.63, 3.8) is 0 Å². The predicted molar refractivity (Wildman–Crippen MR) is 52.1 cm³/mol. The maximum atomic E-state index is 11.0. The zero-order chi connectivity index (χ0) is 10.3. The molecule has 4 heteroatoms. The highest BCUT2D eigenvalue weighted by Gasteiger charge is 1.99. The van der Waals surface area contributed by atoms with Gasteiger partial charge in [0, 0.05) is 6.20 Å². The van der Waals surface area contributed by atoms with Crippen LogP contribution in [0.25, 0.3) is 0 Å². The van der Waals surface area contributed by atoms with Gasteiger partial charge in [0.1, 0.15) is 0 Å². The molecule has 1 aromatic heterocycles. The summed E-state index contributed by atoms with van der Waals surface area (Å²) in [4.78, 5) is 13.5. The van der Waals surface area contributed by atoms with Crippen LogP contribution in [0.3, 0.4) is 0 Å². The number of pyridine rings is 1. The van der Waals surface area contributed by atoms with Crippen LogP contribution in [0.2, 0.25) is 0 Å². The van der Waals surface area contributed by atoms with E-state index < -0.39 is 0 Å². The highest BCUT2D eigenvalue weighted by atomic mass is 19.0. The maximum Gasteiger partial charge on any atom is 0.290 e. The molecule has 13 heavy (non-hydrogen) atoms. The molecule has 0 amide bonds. The lowest BCUT2D eigenvalue weighted by Crippen LogP contribution is -2.14. The Labute approximate surface area is 78.6 Å². The number of nitrogens with one attached hydrogen (secondary N) is 1. The summed E-state index contributed by atoms with van der Waals surface area (Å²) in [6.07, 6.45) is 1.62. The third-order valence-electron chi connectivity index (χ3n) is 1.14. The van der Waals surface area contributed by atoms with Crippen molar-refractivity contribution in [1.29, 1.82) is 1.45 Å². The SMILES string of the molecule is C.CC(C)Oc1ccc[nH]c1=O.[3H]F. The Hall–Kier alpha value is -1.32. The summed E-state index contributed by atoms with van der Waals surface area (Å²) in [6.45, 7) is 3.76. The first-order valence-corrected chi connectivity index (χ1v) is 3.54. The highest BCUT2D eigenvalue weighted by molar-refractivity contribution is 5.15. The molecule has 0 aromatic carbocycles. The number of aromatic amines is 1. The summed E-state index contributed by atoms with van der Waals surface area (Å²) in [5.41, 5.74) is -0.179. The molecule has 0 aliphatic rings. The third-order valence-corrected chi connectivity index (χ3v) is 1.14. The van der Waals surface area contributed by atoms with Gasteiger partial charge in [-0.05, 0) is 26.0 Å². The van der Waals surface area contributed by atoms with E-state index >= 15 is 0 Å². The Kier molecular flexibility index (Phi) is 5.59. The van der Waals surface area contributed by atoms with E-state index in [0.29, 0.717) is 5.75 Å². The summed E-state index contributed by atoms with van der Waals surface area (Å²) >= 11 is 0. The van der Waals surface area contributed by atoms with Crippen molar-refractivity contribution in [2.75, 3.05) is 0 Å². The molecule has 0 atom stereocenters. The number of aromatic nitrogens is 1. The molecule has 0 saturated carbocycles. The average Bonchev–Trinajstić information content (AvgIpc) is 2.12. The summed E-state index contributed by atoms with van der Waals surface area (Å²) < 4.78 is 18.2. The van der Waals surface area contributed by atoms with Crippen molar-refractivity contribution >= 4 is 0 Å². The molecule has 0 aliphatic carbocycles. The molecular weight excluding hydrogens is 173 g/mol. The number of hydrogen-bond donors (Lipinski definition) is 1. The van der Waals surface area contributed by atoms with E-state index in [9.17, 15) is 4.79 Å². The largest absolute Gasteiger partial charge is 0.485 e. The fourth-order valence-electron chi connectivity index (χ4n) is 0.753. The van der Waals surface area contributed by atoms with Gasteiger partial charge in [0.05, 0.1) is 6.10 Å². The number of halogens is 1. The van der Waals surface area contributed by atoms with Crippen LogP contribution in [-0.4, -0.2) is 12.5 Å². The zero-order valence-electron chi connectivity index (χ0n) is 8.00. The molecule has 0 bridgehead atoms. The van der Waals surface area contributed by atoms with Crippen LogP contribution >= 0.6 is 0 Å². The van der Waals surface area contributed by atoms with Crippen molar-refractivity contribution in [3.8, 4) is 5.75 Å². The molecular formula is C9H16FNO2. The fraction of sp³-hybridized carbons (Fsp3) is 0.444. The molecule has 0 saturated heterocycles. The molecule has 1 rings (SSSR count). The zero-order valence-corrected chi connectivity index (χ0v) is 7.00. The van der Waals surface area contributed by atoms with E-state index in [1.54, 1.807) is 18.3 Å². The highest BCUT2D eigenvalue weighted by Crippen LogP contribution is 2.02. The van der Waals surface area contributed by atoms with Crippen molar-refractivity contribution in [2.24, 2.45) is 0 Å². The summed E-state index contributed by atoms with van der Waals surface area (Å²) in [6, 6.07) is 3.39. The van der Waals surface area contributed by atoms with Crippen molar-refractivity contribution in [1.82, 2.24) is 4.98 Å². The smallest absolute Gasteiger partial charge is 0.290 e. The van der Waals surface area contributed by atoms with Crippen LogP contribution in [0.1, 0.15) is 21.3 Å². The first kappa shape index (κ1) is 11.7. The van der Waals surface area contributed by atoms with Crippen LogP contribution in [0.4, 0.5) is 4.72 Å². The van der Waals surface area contributed by atoms with E-state index in [1.807, 2.05) is 13.8 Å². The molecule has 3 nitrogen and oxygen atoms in total. The second-order valence-electron chi connectivity index (χ2n) is 2.53. The van der Waals surface area contributed by atoms with Gasteiger partial charge in [-0.1, -0.05) is 7.43 Å². The van der Waals surface area contributed by atoms with Crippen LogP contribution in [0.5, 0.6) is 5.75 Å². The molecule has 0 fully saturated rings. The van der Waals surface area contributed by atoms with Crippen LogP contribution in [0.15, 0.2) is 23.1 Å². The normalized spacial score (nSPS) is 9.08. The van der Waals surface area contributed by atoms with Crippen LogP contribution in [0, 0.1) is 0 Å². The van der Waals surface area contributed by atoms with E-state index in [0.717, 1.165) is 0 Å². The van der Waals surface area contributed by atoms with Gasteiger partial charge in [0.25, 0.3) is 7.01 Å². The van der Waals surface area contributed by atoms with E-state index in [-0.39, 0.29) is 19.1 Å². The van der Waals surface area contributed by atoms with Gasteiger partial charge < -0.3 is 9.72 Å². The molecule has 76 valence electrons. The number of hydrogen-bond acceptors (Lipinski definition) is 2. The number of ether oxygens (including phenoxy) is 1. The lowest BCUT2D eigenvalue weighted by Gasteiger charge is -2.06. The maximum absolute atomic E-state index is 11.0. The van der Waals surface area contributed by atoms with Crippen molar-refractivity contribution in [2.45, 2.75) is 27.4 Å². The Morgan fingerprint density at radius 2 is 2.23 bits per heavy atom. The molecule has 0 radical (unpaired) electrons. The molecule has 1 heterocycles.